The Morgan fingerprint density at radius 3 is 2.12 bits per heavy atom. The summed E-state index contributed by atoms with van der Waals surface area (Å²) in [7, 11) is 0. The molecule has 0 saturated carbocycles. The molecule has 0 saturated heterocycles. The molecule has 0 bridgehead atoms. The Morgan fingerprint density at radius 1 is 0.920 bits per heavy atom. The van der Waals surface area contributed by atoms with Crippen LogP contribution in [0.15, 0.2) is 54.6 Å². The van der Waals surface area contributed by atoms with Gasteiger partial charge in [-0.1, -0.05) is 37.6 Å². The highest BCUT2D eigenvalue weighted by Gasteiger charge is 2.27. The molecule has 132 valence electrons. The van der Waals surface area contributed by atoms with Gasteiger partial charge in [-0.25, -0.2) is 4.79 Å². The van der Waals surface area contributed by atoms with Crippen LogP contribution in [0.1, 0.15) is 26.7 Å². The zero-order valence-corrected chi connectivity index (χ0v) is 14.5. The van der Waals surface area contributed by atoms with E-state index in [1.165, 1.54) is 0 Å². The Hall–Kier alpha value is -2.86. The number of nitrogens with one attached hydrogen (secondary N) is 3. The van der Waals surface area contributed by atoms with E-state index in [0.717, 1.165) is 6.42 Å². The first-order valence-electron chi connectivity index (χ1n) is 8.24. The normalized spacial score (nSPS) is 12.8. The molecule has 5 N–H and O–H groups in total. The second-order valence-corrected chi connectivity index (χ2v) is 6.15. The van der Waals surface area contributed by atoms with Gasteiger partial charge in [0.05, 0.1) is 5.54 Å². The van der Waals surface area contributed by atoms with Gasteiger partial charge in [-0.15, -0.1) is 0 Å². The van der Waals surface area contributed by atoms with Gasteiger partial charge in [0.2, 0.25) is 5.91 Å². The molecular formula is C19H24N4O2. The van der Waals surface area contributed by atoms with Gasteiger partial charge in [-0.3, -0.25) is 4.79 Å². The predicted octanol–water partition coefficient (Wildman–Crippen LogP) is 3.79. The second kappa shape index (κ2) is 8.30. The number of anilines is 3. The fourth-order valence-corrected chi connectivity index (χ4v) is 2.40. The van der Waals surface area contributed by atoms with Crippen molar-refractivity contribution in [1.82, 2.24) is 0 Å². The van der Waals surface area contributed by atoms with Crippen molar-refractivity contribution < 1.29 is 9.59 Å². The molecule has 0 aromatic heterocycles. The SMILES string of the molecule is CCCC(C)(N)C(=O)Nc1cccc(NC(=O)Nc2ccccc2)c1. The first-order chi connectivity index (χ1) is 11.9. The van der Waals surface area contributed by atoms with Crippen molar-refractivity contribution in [3.05, 3.63) is 54.6 Å². The van der Waals surface area contributed by atoms with Crippen LogP contribution in [0.25, 0.3) is 0 Å². The quantitative estimate of drug-likeness (QED) is 0.644. The average Bonchev–Trinajstić information content (AvgIpc) is 2.56. The number of para-hydroxylation sites is 1. The summed E-state index contributed by atoms with van der Waals surface area (Å²) < 4.78 is 0. The van der Waals surface area contributed by atoms with Crippen molar-refractivity contribution >= 4 is 29.0 Å². The summed E-state index contributed by atoms with van der Waals surface area (Å²) in [6.07, 6.45) is 1.41. The summed E-state index contributed by atoms with van der Waals surface area (Å²) in [5.41, 5.74) is 6.95. The van der Waals surface area contributed by atoms with Crippen LogP contribution in [0.4, 0.5) is 21.9 Å². The van der Waals surface area contributed by atoms with Gasteiger partial charge in [0, 0.05) is 17.1 Å². The number of carbonyl (C=O) groups excluding carboxylic acids is 2. The molecular weight excluding hydrogens is 316 g/mol. The minimum absolute atomic E-state index is 0.250. The smallest absolute Gasteiger partial charge is 0.323 e. The summed E-state index contributed by atoms with van der Waals surface area (Å²) in [4.78, 5) is 24.3. The Bertz CT molecular complexity index is 729. The van der Waals surface area contributed by atoms with Crippen molar-refractivity contribution in [2.75, 3.05) is 16.0 Å². The van der Waals surface area contributed by atoms with Gasteiger partial charge in [-0.05, 0) is 43.7 Å². The molecule has 0 aliphatic rings. The molecule has 0 aliphatic carbocycles. The highest BCUT2D eigenvalue weighted by Crippen LogP contribution is 2.18. The van der Waals surface area contributed by atoms with E-state index in [-0.39, 0.29) is 11.9 Å². The first-order valence-corrected chi connectivity index (χ1v) is 8.24. The third-order valence-corrected chi connectivity index (χ3v) is 3.70. The Labute approximate surface area is 147 Å². The molecule has 2 rings (SSSR count). The lowest BCUT2D eigenvalue weighted by atomic mass is 9.96. The monoisotopic (exact) mass is 340 g/mol. The van der Waals surface area contributed by atoms with Crippen LogP contribution >= 0.6 is 0 Å². The van der Waals surface area contributed by atoms with Crippen molar-refractivity contribution in [2.24, 2.45) is 5.73 Å². The summed E-state index contributed by atoms with van der Waals surface area (Å²) in [6, 6.07) is 15.7. The number of carbonyl (C=O) groups is 2. The first kappa shape index (κ1) is 18.5. The molecule has 6 nitrogen and oxygen atoms in total. The molecule has 1 atom stereocenters. The molecule has 6 heteroatoms. The second-order valence-electron chi connectivity index (χ2n) is 6.15. The number of rotatable bonds is 6. The van der Waals surface area contributed by atoms with E-state index < -0.39 is 5.54 Å². The highest BCUT2D eigenvalue weighted by molar-refractivity contribution is 6.01. The van der Waals surface area contributed by atoms with Crippen LogP contribution in [0, 0.1) is 0 Å². The van der Waals surface area contributed by atoms with Gasteiger partial charge >= 0.3 is 6.03 Å². The largest absolute Gasteiger partial charge is 0.324 e. The Balaban J connectivity index is 1.99. The zero-order valence-electron chi connectivity index (χ0n) is 14.5. The number of hydrogen-bond donors (Lipinski definition) is 4. The van der Waals surface area contributed by atoms with E-state index >= 15 is 0 Å². The molecule has 0 aliphatic heterocycles. The summed E-state index contributed by atoms with van der Waals surface area (Å²) >= 11 is 0. The molecule has 1 unspecified atom stereocenters. The van der Waals surface area contributed by atoms with Crippen LogP contribution in [0.5, 0.6) is 0 Å². The van der Waals surface area contributed by atoms with Gasteiger partial charge in [0.25, 0.3) is 0 Å². The fourth-order valence-electron chi connectivity index (χ4n) is 2.40. The van der Waals surface area contributed by atoms with E-state index in [1.807, 2.05) is 25.1 Å². The molecule has 0 radical (unpaired) electrons. The van der Waals surface area contributed by atoms with Crippen molar-refractivity contribution in [2.45, 2.75) is 32.2 Å². The third kappa shape index (κ3) is 5.61. The number of hydrogen-bond acceptors (Lipinski definition) is 3. The van der Waals surface area contributed by atoms with Crippen molar-refractivity contribution in [3.8, 4) is 0 Å². The standard InChI is InChI=1S/C19H24N4O2/c1-3-12-19(2,20)17(24)21-15-10-7-11-16(13-15)23-18(25)22-14-8-5-4-6-9-14/h4-11,13H,3,12,20H2,1-2H3,(H,21,24)(H2,22,23,25). The molecule has 3 amide bonds. The lowest BCUT2D eigenvalue weighted by Crippen LogP contribution is -2.48. The summed E-state index contributed by atoms with van der Waals surface area (Å²) in [5, 5.41) is 8.26. The van der Waals surface area contributed by atoms with Crippen LogP contribution < -0.4 is 21.7 Å². The van der Waals surface area contributed by atoms with E-state index in [0.29, 0.717) is 23.5 Å². The Morgan fingerprint density at radius 2 is 1.48 bits per heavy atom. The maximum Gasteiger partial charge on any atom is 0.323 e. The number of benzene rings is 2. The topological polar surface area (TPSA) is 96.2 Å². The molecule has 2 aromatic rings. The Kier molecular flexibility index (Phi) is 6.14. The summed E-state index contributed by atoms with van der Waals surface area (Å²) in [5.74, 6) is -0.250. The lowest BCUT2D eigenvalue weighted by molar-refractivity contribution is -0.120. The number of nitrogens with two attached hydrogens (primary N) is 1. The van der Waals surface area contributed by atoms with Crippen LogP contribution in [-0.4, -0.2) is 17.5 Å². The fraction of sp³-hybridized carbons (Fsp3) is 0.263. The minimum atomic E-state index is -0.928. The van der Waals surface area contributed by atoms with Crippen molar-refractivity contribution in [1.29, 1.82) is 0 Å². The minimum Gasteiger partial charge on any atom is -0.324 e. The number of amides is 3. The van der Waals surface area contributed by atoms with Gasteiger partial charge in [0.15, 0.2) is 0 Å². The van der Waals surface area contributed by atoms with E-state index in [4.69, 9.17) is 5.73 Å². The van der Waals surface area contributed by atoms with Gasteiger partial charge in [-0.2, -0.15) is 0 Å². The predicted molar refractivity (Wildman–Crippen MR) is 102 cm³/mol. The third-order valence-electron chi connectivity index (χ3n) is 3.70. The van der Waals surface area contributed by atoms with E-state index in [9.17, 15) is 9.59 Å². The highest BCUT2D eigenvalue weighted by atomic mass is 16.2. The van der Waals surface area contributed by atoms with E-state index in [1.54, 1.807) is 43.3 Å². The van der Waals surface area contributed by atoms with Crippen LogP contribution in [0.2, 0.25) is 0 Å². The van der Waals surface area contributed by atoms with Crippen LogP contribution in [0.3, 0.4) is 0 Å². The van der Waals surface area contributed by atoms with Crippen LogP contribution in [-0.2, 0) is 4.79 Å². The number of urea groups is 1. The van der Waals surface area contributed by atoms with Gasteiger partial charge in [0.1, 0.15) is 0 Å². The maximum atomic E-state index is 12.3. The van der Waals surface area contributed by atoms with Crippen molar-refractivity contribution in [3.63, 3.8) is 0 Å². The maximum absolute atomic E-state index is 12.3. The summed E-state index contributed by atoms with van der Waals surface area (Å²) in [6.45, 7) is 3.69. The molecule has 2 aromatic carbocycles. The molecule has 0 fully saturated rings. The zero-order chi connectivity index (χ0) is 18.3. The molecule has 0 heterocycles. The molecule has 0 spiro atoms. The van der Waals surface area contributed by atoms with E-state index in [2.05, 4.69) is 16.0 Å². The molecule has 25 heavy (non-hydrogen) atoms. The lowest BCUT2D eigenvalue weighted by Gasteiger charge is -2.23. The van der Waals surface area contributed by atoms with Gasteiger partial charge < -0.3 is 21.7 Å². The average molecular weight is 340 g/mol.